The molecule has 1 aliphatic rings. The molecule has 1 amide bonds. The monoisotopic (exact) mass is 297 g/mol. The van der Waals surface area contributed by atoms with E-state index >= 15 is 0 Å². The Morgan fingerprint density at radius 3 is 2.94 bits per heavy atom. The number of thiophene rings is 2. The first-order chi connectivity index (χ1) is 8.75. The van der Waals surface area contributed by atoms with Crippen LogP contribution in [-0.4, -0.2) is 17.4 Å². The van der Waals surface area contributed by atoms with Crippen LogP contribution < -0.4 is 0 Å². The fourth-order valence-electron chi connectivity index (χ4n) is 2.39. The topological polar surface area (TPSA) is 20.3 Å². The molecule has 0 unspecified atom stereocenters. The van der Waals surface area contributed by atoms with Crippen molar-refractivity contribution in [2.75, 3.05) is 6.54 Å². The van der Waals surface area contributed by atoms with Gasteiger partial charge in [-0.1, -0.05) is 11.6 Å². The smallest absolute Gasteiger partial charge is 0.264 e. The zero-order valence-electron chi connectivity index (χ0n) is 9.64. The number of nitrogens with zero attached hydrogens (tertiary/aromatic N) is 1. The highest BCUT2D eigenvalue weighted by molar-refractivity contribution is 7.18. The molecule has 0 N–H and O–H groups in total. The van der Waals surface area contributed by atoms with E-state index in [2.05, 4.69) is 16.8 Å². The van der Waals surface area contributed by atoms with Crippen LogP contribution in [0.15, 0.2) is 29.0 Å². The summed E-state index contributed by atoms with van der Waals surface area (Å²) < 4.78 is 0.671. The van der Waals surface area contributed by atoms with Crippen LogP contribution >= 0.6 is 34.3 Å². The van der Waals surface area contributed by atoms with Gasteiger partial charge in [0.1, 0.15) is 0 Å². The molecule has 3 heterocycles. The quantitative estimate of drug-likeness (QED) is 0.802. The second-order valence-corrected chi connectivity index (χ2v) is 6.81. The van der Waals surface area contributed by atoms with E-state index in [4.69, 9.17) is 11.6 Å². The van der Waals surface area contributed by atoms with Crippen LogP contribution in [0.2, 0.25) is 4.34 Å². The van der Waals surface area contributed by atoms with Crippen molar-refractivity contribution in [3.63, 3.8) is 0 Å². The molecule has 5 heteroatoms. The summed E-state index contributed by atoms with van der Waals surface area (Å²) >= 11 is 8.94. The Bertz CT molecular complexity index is 549. The Morgan fingerprint density at radius 1 is 1.39 bits per heavy atom. The summed E-state index contributed by atoms with van der Waals surface area (Å²) in [5.74, 6) is 0.112. The summed E-state index contributed by atoms with van der Waals surface area (Å²) in [5, 5.41) is 4.20. The molecule has 1 aliphatic heterocycles. The average Bonchev–Trinajstić information content (AvgIpc) is 3.08. The van der Waals surface area contributed by atoms with E-state index in [0.29, 0.717) is 4.34 Å². The third kappa shape index (κ3) is 2.20. The van der Waals surface area contributed by atoms with Gasteiger partial charge in [-0.15, -0.1) is 11.3 Å². The molecule has 2 nitrogen and oxygen atoms in total. The molecule has 0 spiro atoms. The molecule has 0 aromatic carbocycles. The van der Waals surface area contributed by atoms with Gasteiger partial charge in [-0.2, -0.15) is 11.3 Å². The van der Waals surface area contributed by atoms with Crippen molar-refractivity contribution >= 4 is 40.2 Å². The maximum absolute atomic E-state index is 12.4. The third-order valence-electron chi connectivity index (χ3n) is 3.23. The lowest BCUT2D eigenvalue weighted by Crippen LogP contribution is -2.29. The standard InChI is InChI=1S/C13H12ClNOS2/c14-12-4-3-11(18-12)13(16)15-6-1-2-10(15)9-5-7-17-8-9/h3-5,7-8,10H,1-2,6H2/t10-/m0/s1. The molecule has 2 aromatic heterocycles. The van der Waals surface area contributed by atoms with E-state index in [-0.39, 0.29) is 11.9 Å². The first kappa shape index (κ1) is 12.2. The van der Waals surface area contributed by atoms with Gasteiger partial charge in [-0.3, -0.25) is 4.79 Å². The number of carbonyl (C=O) groups excluding carboxylic acids is 1. The molecule has 1 atom stereocenters. The average molecular weight is 298 g/mol. The lowest BCUT2D eigenvalue weighted by atomic mass is 10.1. The van der Waals surface area contributed by atoms with Gasteiger partial charge in [0, 0.05) is 6.54 Å². The summed E-state index contributed by atoms with van der Waals surface area (Å²) in [6.07, 6.45) is 2.13. The fourth-order valence-corrected chi connectivity index (χ4v) is 4.10. The SMILES string of the molecule is O=C(c1ccc(Cl)s1)N1CCC[C@H]1c1ccsc1. The van der Waals surface area contributed by atoms with E-state index in [1.54, 1.807) is 17.4 Å². The van der Waals surface area contributed by atoms with Gasteiger partial charge in [0.05, 0.1) is 15.3 Å². The second kappa shape index (κ2) is 5.03. The number of hydrogen-bond donors (Lipinski definition) is 0. The van der Waals surface area contributed by atoms with Gasteiger partial charge in [0.15, 0.2) is 0 Å². The first-order valence-corrected chi connectivity index (χ1v) is 7.98. The minimum atomic E-state index is 0.112. The summed E-state index contributed by atoms with van der Waals surface area (Å²) in [7, 11) is 0. The Morgan fingerprint density at radius 2 is 2.28 bits per heavy atom. The van der Waals surface area contributed by atoms with E-state index in [1.807, 2.05) is 11.0 Å². The van der Waals surface area contributed by atoms with Gasteiger partial charge in [-0.05, 0) is 47.4 Å². The largest absolute Gasteiger partial charge is 0.331 e. The number of halogens is 1. The predicted molar refractivity (Wildman–Crippen MR) is 76.7 cm³/mol. The second-order valence-electron chi connectivity index (χ2n) is 4.32. The predicted octanol–water partition coefficient (Wildman–Crippen LogP) is 4.44. The van der Waals surface area contributed by atoms with Crippen LogP contribution in [0.4, 0.5) is 0 Å². The Kier molecular flexibility index (Phi) is 3.41. The minimum absolute atomic E-state index is 0.112. The van der Waals surface area contributed by atoms with Crippen molar-refractivity contribution in [1.29, 1.82) is 0 Å². The molecule has 0 radical (unpaired) electrons. The van der Waals surface area contributed by atoms with E-state index in [1.165, 1.54) is 16.9 Å². The van der Waals surface area contributed by atoms with E-state index in [9.17, 15) is 4.79 Å². The lowest BCUT2D eigenvalue weighted by molar-refractivity contribution is 0.0741. The number of rotatable bonds is 2. The molecule has 3 rings (SSSR count). The molecule has 94 valence electrons. The highest BCUT2D eigenvalue weighted by atomic mass is 35.5. The van der Waals surface area contributed by atoms with E-state index in [0.717, 1.165) is 24.3 Å². The minimum Gasteiger partial charge on any atom is -0.331 e. The zero-order chi connectivity index (χ0) is 12.5. The highest BCUT2D eigenvalue weighted by Gasteiger charge is 2.31. The molecule has 0 bridgehead atoms. The van der Waals surface area contributed by atoms with Crippen molar-refractivity contribution in [1.82, 2.24) is 4.90 Å². The summed E-state index contributed by atoms with van der Waals surface area (Å²) in [5.41, 5.74) is 1.26. The third-order valence-corrected chi connectivity index (χ3v) is 5.15. The molecular formula is C13H12ClNOS2. The Labute approximate surface area is 119 Å². The molecular weight excluding hydrogens is 286 g/mol. The number of hydrogen-bond acceptors (Lipinski definition) is 3. The fraction of sp³-hybridized carbons (Fsp3) is 0.308. The van der Waals surface area contributed by atoms with Crippen LogP contribution in [-0.2, 0) is 0 Å². The first-order valence-electron chi connectivity index (χ1n) is 5.84. The number of amides is 1. The maximum atomic E-state index is 12.4. The summed E-state index contributed by atoms with van der Waals surface area (Å²) in [6.45, 7) is 0.842. The Balaban J connectivity index is 1.85. The lowest BCUT2D eigenvalue weighted by Gasteiger charge is -2.23. The van der Waals surface area contributed by atoms with Gasteiger partial charge >= 0.3 is 0 Å². The van der Waals surface area contributed by atoms with Crippen LogP contribution in [0.25, 0.3) is 0 Å². The van der Waals surface area contributed by atoms with Crippen molar-refractivity contribution < 1.29 is 4.79 Å². The van der Waals surface area contributed by atoms with E-state index < -0.39 is 0 Å². The van der Waals surface area contributed by atoms with Crippen LogP contribution in [0.3, 0.4) is 0 Å². The Hall–Kier alpha value is -0.840. The zero-order valence-corrected chi connectivity index (χ0v) is 12.0. The van der Waals surface area contributed by atoms with Crippen LogP contribution in [0.1, 0.15) is 34.1 Å². The van der Waals surface area contributed by atoms with Gasteiger partial charge in [0.25, 0.3) is 5.91 Å². The van der Waals surface area contributed by atoms with Crippen LogP contribution in [0, 0.1) is 0 Å². The van der Waals surface area contributed by atoms with Gasteiger partial charge in [0.2, 0.25) is 0 Å². The van der Waals surface area contributed by atoms with Crippen molar-refractivity contribution in [3.8, 4) is 0 Å². The van der Waals surface area contributed by atoms with Gasteiger partial charge < -0.3 is 4.90 Å². The van der Waals surface area contributed by atoms with Crippen molar-refractivity contribution in [3.05, 3.63) is 43.7 Å². The number of likely N-dealkylation sites (tertiary alicyclic amines) is 1. The highest BCUT2D eigenvalue weighted by Crippen LogP contribution is 2.35. The molecule has 1 saturated heterocycles. The van der Waals surface area contributed by atoms with Gasteiger partial charge in [-0.25, -0.2) is 0 Å². The summed E-state index contributed by atoms with van der Waals surface area (Å²) in [6, 6.07) is 5.96. The van der Waals surface area contributed by atoms with Crippen molar-refractivity contribution in [2.45, 2.75) is 18.9 Å². The summed E-state index contributed by atoms with van der Waals surface area (Å²) in [4.78, 5) is 15.2. The van der Waals surface area contributed by atoms with Crippen molar-refractivity contribution in [2.24, 2.45) is 0 Å². The maximum Gasteiger partial charge on any atom is 0.264 e. The number of carbonyl (C=O) groups is 1. The molecule has 0 aliphatic carbocycles. The van der Waals surface area contributed by atoms with Crippen LogP contribution in [0.5, 0.6) is 0 Å². The normalized spacial score (nSPS) is 19.4. The molecule has 0 saturated carbocycles. The molecule has 1 fully saturated rings. The molecule has 2 aromatic rings. The molecule has 18 heavy (non-hydrogen) atoms.